The van der Waals surface area contributed by atoms with Crippen molar-refractivity contribution in [2.45, 2.75) is 43.1 Å². The Bertz CT molecular complexity index is 424. The van der Waals surface area contributed by atoms with Crippen molar-refractivity contribution in [2.24, 2.45) is 0 Å². The van der Waals surface area contributed by atoms with E-state index in [9.17, 15) is 0 Å². The van der Waals surface area contributed by atoms with E-state index in [0.717, 1.165) is 16.6 Å². The molecule has 0 aromatic heterocycles. The topological polar surface area (TPSA) is 20.2 Å². The second-order valence-corrected chi connectivity index (χ2v) is 5.98. The molecule has 1 aromatic carbocycles. The van der Waals surface area contributed by atoms with Crippen LogP contribution in [0.2, 0.25) is 0 Å². The number of aliphatic hydroxyl groups is 1. The summed E-state index contributed by atoms with van der Waals surface area (Å²) in [6.45, 7) is 0.143. The van der Waals surface area contributed by atoms with Gasteiger partial charge in [0.15, 0.2) is 0 Å². The van der Waals surface area contributed by atoms with Crippen LogP contribution in [0.1, 0.15) is 43.2 Å². The van der Waals surface area contributed by atoms with E-state index in [4.69, 9.17) is 5.11 Å². The van der Waals surface area contributed by atoms with E-state index in [0.29, 0.717) is 6.42 Å². The molecule has 2 heteroatoms. The normalized spacial score (nSPS) is 15.4. The van der Waals surface area contributed by atoms with Crippen LogP contribution in [0.3, 0.4) is 0 Å². The minimum absolute atomic E-state index is 0.143. The lowest BCUT2D eigenvalue weighted by atomic mass is 10.1. The van der Waals surface area contributed by atoms with Gasteiger partial charge in [-0.05, 0) is 30.5 Å². The van der Waals surface area contributed by atoms with Gasteiger partial charge < -0.3 is 5.11 Å². The van der Waals surface area contributed by atoms with Crippen LogP contribution in [-0.4, -0.2) is 17.0 Å². The van der Waals surface area contributed by atoms with E-state index in [1.807, 2.05) is 6.07 Å². The molecule has 0 heterocycles. The van der Waals surface area contributed by atoms with Gasteiger partial charge in [-0.1, -0.05) is 36.8 Å². The van der Waals surface area contributed by atoms with E-state index in [1.54, 1.807) is 0 Å². The zero-order chi connectivity index (χ0) is 12.6. The monoisotopic (exact) mass is 260 g/mol. The Labute approximate surface area is 114 Å². The fraction of sp³-hybridized carbons (Fsp3) is 0.500. The molecule has 0 saturated heterocycles. The van der Waals surface area contributed by atoms with Crippen molar-refractivity contribution in [3.8, 4) is 11.8 Å². The summed E-state index contributed by atoms with van der Waals surface area (Å²) in [5.74, 6) is 7.16. The molecule has 1 saturated carbocycles. The Morgan fingerprint density at radius 2 is 2.11 bits per heavy atom. The van der Waals surface area contributed by atoms with Crippen LogP contribution in [0, 0.1) is 11.8 Å². The Balaban J connectivity index is 1.88. The Morgan fingerprint density at radius 1 is 1.28 bits per heavy atom. The van der Waals surface area contributed by atoms with Crippen LogP contribution in [0.4, 0.5) is 0 Å². The van der Waals surface area contributed by atoms with Gasteiger partial charge in [-0.3, -0.25) is 0 Å². The average Bonchev–Trinajstić information content (AvgIpc) is 2.90. The highest BCUT2D eigenvalue weighted by atomic mass is 32.2. The summed E-state index contributed by atoms with van der Waals surface area (Å²) in [6, 6.07) is 8.47. The zero-order valence-corrected chi connectivity index (χ0v) is 11.5. The Hall–Kier alpha value is -0.910. The molecule has 1 aliphatic rings. The lowest BCUT2D eigenvalue weighted by molar-refractivity contribution is 0.305. The number of hydrogen-bond acceptors (Lipinski definition) is 2. The predicted octanol–water partition coefficient (Wildman–Crippen LogP) is 3.60. The minimum Gasteiger partial charge on any atom is -0.395 e. The minimum atomic E-state index is 0.143. The molecule has 1 nitrogen and oxygen atoms in total. The van der Waals surface area contributed by atoms with Gasteiger partial charge in [0.05, 0.1) is 6.61 Å². The lowest BCUT2D eigenvalue weighted by Crippen LogP contribution is -1.94. The third-order valence-corrected chi connectivity index (χ3v) is 4.63. The van der Waals surface area contributed by atoms with Crippen LogP contribution < -0.4 is 0 Å². The fourth-order valence-electron chi connectivity index (χ4n) is 2.23. The summed E-state index contributed by atoms with van der Waals surface area (Å²) in [5.41, 5.74) is 2.43. The fourth-order valence-corrected chi connectivity index (χ4v) is 3.50. The molecule has 1 aliphatic carbocycles. The maximum absolute atomic E-state index is 8.70. The quantitative estimate of drug-likeness (QED) is 0.835. The summed E-state index contributed by atoms with van der Waals surface area (Å²) < 4.78 is 0. The smallest absolute Gasteiger partial charge is 0.0540 e. The maximum atomic E-state index is 8.70. The highest BCUT2D eigenvalue weighted by Crippen LogP contribution is 2.31. The molecule has 1 N–H and O–H groups in total. The number of benzene rings is 1. The first-order chi connectivity index (χ1) is 8.88. The second-order valence-electron chi connectivity index (χ2n) is 4.69. The molecule has 0 spiro atoms. The molecular weight excluding hydrogens is 240 g/mol. The zero-order valence-electron chi connectivity index (χ0n) is 10.7. The van der Waals surface area contributed by atoms with Gasteiger partial charge in [-0.2, -0.15) is 11.8 Å². The molecule has 96 valence electrons. The van der Waals surface area contributed by atoms with Gasteiger partial charge in [-0.15, -0.1) is 0 Å². The SMILES string of the molecule is OCCC#Cc1cccc(CSC2CCCC2)c1. The molecular formula is C16H20OS. The van der Waals surface area contributed by atoms with Gasteiger partial charge in [0.2, 0.25) is 0 Å². The van der Waals surface area contributed by atoms with Crippen molar-refractivity contribution in [1.82, 2.24) is 0 Å². The van der Waals surface area contributed by atoms with Gasteiger partial charge >= 0.3 is 0 Å². The van der Waals surface area contributed by atoms with Crippen molar-refractivity contribution >= 4 is 11.8 Å². The van der Waals surface area contributed by atoms with Crippen molar-refractivity contribution in [3.05, 3.63) is 35.4 Å². The number of hydrogen-bond donors (Lipinski definition) is 1. The molecule has 0 radical (unpaired) electrons. The highest BCUT2D eigenvalue weighted by Gasteiger charge is 2.14. The Kier molecular flexibility index (Phi) is 5.64. The molecule has 0 bridgehead atoms. The van der Waals surface area contributed by atoms with Gasteiger partial charge in [0, 0.05) is 23.0 Å². The molecule has 18 heavy (non-hydrogen) atoms. The van der Waals surface area contributed by atoms with Crippen LogP contribution in [0.25, 0.3) is 0 Å². The number of thioether (sulfide) groups is 1. The van der Waals surface area contributed by atoms with E-state index in [2.05, 4.69) is 41.8 Å². The second kappa shape index (κ2) is 7.51. The maximum Gasteiger partial charge on any atom is 0.0540 e. The molecule has 0 atom stereocenters. The van der Waals surface area contributed by atoms with E-state index < -0.39 is 0 Å². The van der Waals surface area contributed by atoms with Gasteiger partial charge in [0.1, 0.15) is 0 Å². The molecule has 0 unspecified atom stereocenters. The van der Waals surface area contributed by atoms with Crippen molar-refractivity contribution in [3.63, 3.8) is 0 Å². The molecule has 2 rings (SSSR count). The van der Waals surface area contributed by atoms with E-state index in [1.165, 1.54) is 31.2 Å². The molecule has 0 amide bonds. The number of aliphatic hydroxyl groups excluding tert-OH is 1. The van der Waals surface area contributed by atoms with Crippen LogP contribution in [0.5, 0.6) is 0 Å². The number of rotatable bonds is 4. The summed E-state index contributed by atoms with van der Waals surface area (Å²) >= 11 is 2.09. The Morgan fingerprint density at radius 3 is 2.89 bits per heavy atom. The molecule has 0 aliphatic heterocycles. The first kappa shape index (κ1) is 13.5. The van der Waals surface area contributed by atoms with E-state index in [-0.39, 0.29) is 6.61 Å². The highest BCUT2D eigenvalue weighted by molar-refractivity contribution is 7.99. The van der Waals surface area contributed by atoms with Gasteiger partial charge in [0.25, 0.3) is 0 Å². The predicted molar refractivity (Wildman–Crippen MR) is 78.6 cm³/mol. The third kappa shape index (κ3) is 4.40. The standard InChI is InChI=1S/C16H20OS/c17-11-4-3-6-14-7-5-8-15(12-14)13-18-16-9-1-2-10-16/h5,7-8,12,16-17H,1-2,4,9-11,13H2. The third-order valence-electron chi connectivity index (χ3n) is 3.18. The van der Waals surface area contributed by atoms with Crippen molar-refractivity contribution in [2.75, 3.05) is 6.61 Å². The largest absolute Gasteiger partial charge is 0.395 e. The van der Waals surface area contributed by atoms with Crippen LogP contribution in [0.15, 0.2) is 24.3 Å². The first-order valence-electron chi connectivity index (χ1n) is 6.69. The van der Waals surface area contributed by atoms with Crippen molar-refractivity contribution in [1.29, 1.82) is 0 Å². The summed E-state index contributed by atoms with van der Waals surface area (Å²) in [6.07, 6.45) is 6.15. The summed E-state index contributed by atoms with van der Waals surface area (Å²) in [4.78, 5) is 0. The summed E-state index contributed by atoms with van der Waals surface area (Å²) in [7, 11) is 0. The van der Waals surface area contributed by atoms with Gasteiger partial charge in [-0.25, -0.2) is 0 Å². The van der Waals surface area contributed by atoms with E-state index >= 15 is 0 Å². The molecule has 1 aromatic rings. The first-order valence-corrected chi connectivity index (χ1v) is 7.73. The van der Waals surface area contributed by atoms with Crippen molar-refractivity contribution < 1.29 is 5.11 Å². The molecule has 1 fully saturated rings. The van der Waals surface area contributed by atoms with Crippen LogP contribution >= 0.6 is 11.8 Å². The summed E-state index contributed by atoms with van der Waals surface area (Å²) in [5, 5.41) is 9.57. The average molecular weight is 260 g/mol. The van der Waals surface area contributed by atoms with Crippen LogP contribution in [-0.2, 0) is 5.75 Å². The lowest BCUT2D eigenvalue weighted by Gasteiger charge is -2.08.